The molecular formula is C12H19OP. The third-order valence-electron chi connectivity index (χ3n) is 4.25. The second kappa shape index (κ2) is 2.61. The molecule has 0 aromatic rings. The predicted molar refractivity (Wildman–Crippen MR) is 60.2 cm³/mol. The lowest BCUT2D eigenvalue weighted by molar-refractivity contribution is -0.119. The van der Waals surface area contributed by atoms with Gasteiger partial charge in [0.05, 0.1) is 0 Å². The van der Waals surface area contributed by atoms with Crippen LogP contribution in [0.3, 0.4) is 0 Å². The summed E-state index contributed by atoms with van der Waals surface area (Å²) in [5.41, 5.74) is 0.850. The van der Waals surface area contributed by atoms with Gasteiger partial charge in [0.1, 0.15) is 5.78 Å². The first-order chi connectivity index (χ1) is 6.58. The minimum Gasteiger partial charge on any atom is -0.300 e. The summed E-state index contributed by atoms with van der Waals surface area (Å²) in [4.78, 5) is 11.8. The first-order valence-electron chi connectivity index (χ1n) is 5.89. The highest BCUT2D eigenvalue weighted by atomic mass is 31.1. The minimum absolute atomic E-state index is 0.158. The Morgan fingerprint density at radius 1 is 1.07 bits per heavy atom. The minimum atomic E-state index is 0.158. The second-order valence-corrected chi connectivity index (χ2v) is 9.47. The van der Waals surface area contributed by atoms with Crippen molar-refractivity contribution >= 4 is 13.7 Å². The van der Waals surface area contributed by atoms with E-state index in [1.807, 2.05) is 0 Å². The Kier molecular flexibility index (Phi) is 1.74. The second-order valence-electron chi connectivity index (χ2n) is 5.80. The van der Waals surface area contributed by atoms with E-state index >= 15 is 0 Å². The van der Waals surface area contributed by atoms with Crippen LogP contribution in [-0.2, 0) is 4.79 Å². The number of rotatable bonds is 1. The van der Waals surface area contributed by atoms with Gasteiger partial charge in [-0.2, -0.15) is 0 Å². The van der Waals surface area contributed by atoms with Crippen molar-refractivity contribution in [3.8, 4) is 0 Å². The van der Waals surface area contributed by atoms with Crippen LogP contribution >= 0.6 is 7.92 Å². The Morgan fingerprint density at radius 2 is 1.50 bits per heavy atom. The molecule has 1 aliphatic heterocycles. The fraction of sp³-hybridized carbons (Fsp3) is 0.917. The molecule has 1 heterocycles. The van der Waals surface area contributed by atoms with Crippen LogP contribution in [0, 0.1) is 0 Å². The molecule has 3 aliphatic rings. The smallest absolute Gasteiger partial charge is 0.134 e. The molecule has 0 atom stereocenters. The molecular weight excluding hydrogens is 191 g/mol. The van der Waals surface area contributed by atoms with Crippen LogP contribution in [0.15, 0.2) is 0 Å². The predicted octanol–water partition coefficient (Wildman–Crippen LogP) is 3.30. The van der Waals surface area contributed by atoms with E-state index in [2.05, 4.69) is 13.8 Å². The van der Waals surface area contributed by atoms with Gasteiger partial charge in [-0.15, -0.1) is 0 Å². The van der Waals surface area contributed by atoms with E-state index in [1.54, 1.807) is 0 Å². The van der Waals surface area contributed by atoms with Crippen LogP contribution in [0.1, 0.15) is 52.4 Å². The summed E-state index contributed by atoms with van der Waals surface area (Å²) >= 11 is 0. The normalized spacial score (nSPS) is 32.9. The van der Waals surface area contributed by atoms with E-state index in [0.29, 0.717) is 16.1 Å². The van der Waals surface area contributed by atoms with Crippen LogP contribution in [0.2, 0.25) is 0 Å². The van der Waals surface area contributed by atoms with Crippen LogP contribution in [-0.4, -0.2) is 21.8 Å². The number of Topliss-reactive ketones (excluding diaryl/α,β-unsaturated/α-hetero) is 1. The molecule has 3 fully saturated rings. The van der Waals surface area contributed by atoms with E-state index in [1.165, 1.54) is 25.7 Å². The van der Waals surface area contributed by atoms with Gasteiger partial charge in [0, 0.05) is 12.8 Å². The average molecular weight is 210 g/mol. The zero-order valence-corrected chi connectivity index (χ0v) is 10.1. The molecule has 2 saturated carbocycles. The van der Waals surface area contributed by atoms with Crippen molar-refractivity contribution in [2.45, 2.75) is 68.3 Å². The molecule has 3 rings (SSSR count). The van der Waals surface area contributed by atoms with Crippen LogP contribution in [0.25, 0.3) is 0 Å². The topological polar surface area (TPSA) is 17.1 Å². The Hall–Kier alpha value is 0.100. The summed E-state index contributed by atoms with van der Waals surface area (Å²) in [6.45, 7) is 4.78. The van der Waals surface area contributed by atoms with Crippen LogP contribution in [0.4, 0.5) is 0 Å². The van der Waals surface area contributed by atoms with Crippen LogP contribution < -0.4 is 0 Å². The molecule has 0 aromatic carbocycles. The summed E-state index contributed by atoms with van der Waals surface area (Å²) in [5.74, 6) is 0.583. The summed E-state index contributed by atoms with van der Waals surface area (Å²) in [6, 6.07) is 0. The number of hydrogen-bond donors (Lipinski definition) is 0. The van der Waals surface area contributed by atoms with Crippen LogP contribution in [0.5, 0.6) is 0 Å². The Balaban J connectivity index is 1.94. The number of carbonyl (C=O) groups is 1. The largest absolute Gasteiger partial charge is 0.300 e. The monoisotopic (exact) mass is 210 g/mol. The molecule has 2 spiro atoms. The van der Waals surface area contributed by atoms with E-state index in [0.717, 1.165) is 18.5 Å². The maximum atomic E-state index is 11.8. The highest BCUT2D eigenvalue weighted by molar-refractivity contribution is 7.62. The zero-order valence-electron chi connectivity index (χ0n) is 9.18. The maximum absolute atomic E-state index is 11.8. The number of carbonyl (C=O) groups excluding carboxylic acids is 1. The molecule has 2 heteroatoms. The number of hydrogen-bond acceptors (Lipinski definition) is 1. The van der Waals surface area contributed by atoms with Crippen molar-refractivity contribution in [1.82, 2.24) is 0 Å². The first kappa shape index (κ1) is 9.33. The van der Waals surface area contributed by atoms with Crippen molar-refractivity contribution in [2.75, 3.05) is 0 Å². The van der Waals surface area contributed by atoms with Crippen molar-refractivity contribution in [3.05, 3.63) is 0 Å². The maximum Gasteiger partial charge on any atom is 0.134 e. The van der Waals surface area contributed by atoms with Crippen molar-refractivity contribution in [1.29, 1.82) is 0 Å². The molecule has 0 amide bonds. The van der Waals surface area contributed by atoms with E-state index in [4.69, 9.17) is 0 Å². The Morgan fingerprint density at radius 3 is 1.79 bits per heavy atom. The van der Waals surface area contributed by atoms with Gasteiger partial charge in [-0.25, -0.2) is 0 Å². The lowest BCUT2D eigenvalue weighted by atomic mass is 10.1. The van der Waals surface area contributed by atoms with Gasteiger partial charge in [-0.3, -0.25) is 4.79 Å². The fourth-order valence-electron chi connectivity index (χ4n) is 3.69. The summed E-state index contributed by atoms with van der Waals surface area (Å²) in [5, 5.41) is 1.10. The Labute approximate surface area is 87.4 Å². The van der Waals surface area contributed by atoms with Gasteiger partial charge in [0.25, 0.3) is 0 Å². The van der Waals surface area contributed by atoms with Crippen molar-refractivity contribution in [3.63, 3.8) is 0 Å². The van der Waals surface area contributed by atoms with Gasteiger partial charge in [0.2, 0.25) is 0 Å². The standard InChI is InChI=1S/C12H19OP/c1-9(2)14-11(3-4-11)7-10(13)8-12(14)5-6-12/h9H,3-8H2,1-2H3. The van der Waals surface area contributed by atoms with Gasteiger partial charge < -0.3 is 0 Å². The quantitative estimate of drug-likeness (QED) is 0.607. The molecule has 0 bridgehead atoms. The van der Waals surface area contributed by atoms with Gasteiger partial charge in [-0.1, -0.05) is 21.8 Å². The lowest BCUT2D eigenvalue weighted by Gasteiger charge is -2.42. The highest BCUT2D eigenvalue weighted by Crippen LogP contribution is 2.82. The summed E-state index contributed by atoms with van der Waals surface area (Å²) < 4.78 is 0. The zero-order chi connectivity index (χ0) is 9.97. The molecule has 1 saturated heterocycles. The third-order valence-corrected chi connectivity index (χ3v) is 8.53. The van der Waals surface area contributed by atoms with Crippen molar-refractivity contribution < 1.29 is 4.79 Å². The van der Waals surface area contributed by atoms with Gasteiger partial charge >= 0.3 is 0 Å². The number of ketones is 1. The molecule has 0 aromatic heterocycles. The molecule has 0 N–H and O–H groups in total. The summed E-state index contributed by atoms with van der Waals surface area (Å²) in [7, 11) is 0.158. The SMILES string of the molecule is CC(C)P1C2(CC2)CC(=O)CC12CC2. The molecule has 0 radical (unpaired) electrons. The molecule has 0 unspecified atom stereocenters. The van der Waals surface area contributed by atoms with E-state index in [9.17, 15) is 4.79 Å². The average Bonchev–Trinajstić information content (AvgIpc) is 2.92. The molecule has 78 valence electrons. The van der Waals surface area contributed by atoms with Crippen molar-refractivity contribution in [2.24, 2.45) is 0 Å². The molecule has 2 aliphatic carbocycles. The van der Waals surface area contributed by atoms with Gasteiger partial charge in [0.15, 0.2) is 0 Å². The highest BCUT2D eigenvalue weighted by Gasteiger charge is 2.65. The van der Waals surface area contributed by atoms with E-state index in [-0.39, 0.29) is 7.92 Å². The third kappa shape index (κ3) is 1.14. The molecule has 1 nitrogen and oxygen atoms in total. The summed E-state index contributed by atoms with van der Waals surface area (Å²) in [6.07, 6.45) is 7.35. The lowest BCUT2D eigenvalue weighted by Crippen LogP contribution is -2.33. The van der Waals surface area contributed by atoms with Gasteiger partial charge in [-0.05, 0) is 41.7 Å². The van der Waals surface area contributed by atoms with E-state index < -0.39 is 0 Å². The first-order valence-corrected chi connectivity index (χ1v) is 7.30. The fourth-order valence-corrected chi connectivity index (χ4v) is 8.77. The molecule has 14 heavy (non-hydrogen) atoms. The Bertz CT molecular complexity index is 263.